The molecule has 0 aliphatic heterocycles. The van der Waals surface area contributed by atoms with Crippen LogP contribution in [0, 0.1) is 0 Å². The highest BCUT2D eigenvalue weighted by Gasteiger charge is 2.19. The van der Waals surface area contributed by atoms with Gasteiger partial charge in [0.1, 0.15) is 5.82 Å². The standard InChI is InChI=1S/C48H31N3/c1-2-12-39(13-3-1)51-45-17-9-8-16-44(45)50-48(51)35-21-18-33(19-22-35)37-24-25-42-43(31-37)46(34-26-28-49-29-27-34)40-14-6-7-15-41(40)47(42)38-23-20-32-10-4-5-11-36(32)30-38/h1-31H. The highest BCUT2D eigenvalue weighted by molar-refractivity contribution is 6.22. The highest BCUT2D eigenvalue weighted by atomic mass is 15.1. The van der Waals surface area contributed by atoms with E-state index in [9.17, 15) is 0 Å². The van der Waals surface area contributed by atoms with Crippen LogP contribution in [0.25, 0.3) is 93.8 Å². The Kier molecular flexibility index (Phi) is 6.81. The van der Waals surface area contributed by atoms with E-state index in [0.29, 0.717) is 0 Å². The zero-order chi connectivity index (χ0) is 33.7. The summed E-state index contributed by atoms with van der Waals surface area (Å²) in [5.74, 6) is 0.930. The topological polar surface area (TPSA) is 30.7 Å². The van der Waals surface area contributed by atoms with Crippen molar-refractivity contribution in [3.05, 3.63) is 188 Å². The van der Waals surface area contributed by atoms with E-state index in [-0.39, 0.29) is 0 Å². The fraction of sp³-hybridized carbons (Fsp3) is 0. The molecule has 3 heteroatoms. The zero-order valence-corrected chi connectivity index (χ0v) is 27.7. The van der Waals surface area contributed by atoms with Gasteiger partial charge in [0.25, 0.3) is 0 Å². The van der Waals surface area contributed by atoms with Crippen molar-refractivity contribution in [2.45, 2.75) is 0 Å². The minimum atomic E-state index is 0.930. The van der Waals surface area contributed by atoms with Crippen LogP contribution in [0.2, 0.25) is 0 Å². The summed E-state index contributed by atoms with van der Waals surface area (Å²) in [6, 6.07) is 63.1. The number of aromatic nitrogens is 3. The molecule has 0 aliphatic rings. The maximum absolute atomic E-state index is 5.09. The Morgan fingerprint density at radius 1 is 0.373 bits per heavy atom. The van der Waals surface area contributed by atoms with Gasteiger partial charge in [0.2, 0.25) is 0 Å². The van der Waals surface area contributed by atoms with Crippen LogP contribution >= 0.6 is 0 Å². The lowest BCUT2D eigenvalue weighted by Gasteiger charge is -2.19. The fourth-order valence-corrected chi connectivity index (χ4v) is 7.71. The van der Waals surface area contributed by atoms with Crippen LogP contribution in [-0.2, 0) is 0 Å². The van der Waals surface area contributed by atoms with E-state index in [0.717, 1.165) is 39.2 Å². The summed E-state index contributed by atoms with van der Waals surface area (Å²) in [6.45, 7) is 0. The van der Waals surface area contributed by atoms with Crippen LogP contribution in [0.1, 0.15) is 0 Å². The van der Waals surface area contributed by atoms with Gasteiger partial charge in [0, 0.05) is 23.6 Å². The molecule has 0 amide bonds. The number of nitrogens with zero attached hydrogens (tertiary/aromatic N) is 3. The number of hydrogen-bond acceptors (Lipinski definition) is 2. The molecule has 0 aliphatic carbocycles. The van der Waals surface area contributed by atoms with E-state index < -0.39 is 0 Å². The Labute approximate surface area is 295 Å². The molecule has 3 nitrogen and oxygen atoms in total. The monoisotopic (exact) mass is 649 g/mol. The smallest absolute Gasteiger partial charge is 0.145 e. The van der Waals surface area contributed by atoms with Crippen LogP contribution in [0.4, 0.5) is 0 Å². The predicted molar refractivity (Wildman–Crippen MR) is 213 cm³/mol. The summed E-state index contributed by atoms with van der Waals surface area (Å²) in [5.41, 5.74) is 11.4. The Bertz CT molecular complexity index is 2890. The molecule has 10 rings (SSSR count). The van der Waals surface area contributed by atoms with Crippen LogP contribution < -0.4 is 0 Å². The second-order valence-corrected chi connectivity index (χ2v) is 13.0. The lowest BCUT2D eigenvalue weighted by molar-refractivity contribution is 1.10. The third-order valence-corrected chi connectivity index (χ3v) is 10.1. The molecule has 0 spiro atoms. The Morgan fingerprint density at radius 2 is 0.980 bits per heavy atom. The summed E-state index contributed by atoms with van der Waals surface area (Å²) in [6.07, 6.45) is 3.77. The Hall–Kier alpha value is -6.84. The summed E-state index contributed by atoms with van der Waals surface area (Å²) in [7, 11) is 0. The van der Waals surface area contributed by atoms with Gasteiger partial charge in [-0.3, -0.25) is 9.55 Å². The molecule has 0 unspecified atom stereocenters. The van der Waals surface area contributed by atoms with Crippen molar-refractivity contribution in [1.29, 1.82) is 0 Å². The molecule has 2 aromatic heterocycles. The number of imidazole rings is 1. The first-order chi connectivity index (χ1) is 25.3. The summed E-state index contributed by atoms with van der Waals surface area (Å²) < 4.78 is 2.25. The molecule has 0 fully saturated rings. The number of fused-ring (bicyclic) bond motifs is 4. The van der Waals surface area contributed by atoms with Crippen molar-refractivity contribution in [2.75, 3.05) is 0 Å². The lowest BCUT2D eigenvalue weighted by atomic mass is 9.84. The minimum absolute atomic E-state index is 0.930. The van der Waals surface area contributed by atoms with E-state index in [2.05, 4.69) is 173 Å². The number of para-hydroxylation sites is 3. The molecule has 51 heavy (non-hydrogen) atoms. The van der Waals surface area contributed by atoms with Gasteiger partial charge in [-0.05, 0) is 114 Å². The average Bonchev–Trinajstić information content (AvgIpc) is 3.60. The summed E-state index contributed by atoms with van der Waals surface area (Å²) >= 11 is 0. The number of pyridine rings is 1. The third kappa shape index (κ3) is 4.90. The molecule has 0 saturated heterocycles. The normalized spacial score (nSPS) is 11.5. The minimum Gasteiger partial charge on any atom is -0.292 e. The lowest BCUT2D eigenvalue weighted by Crippen LogP contribution is -1.97. The highest BCUT2D eigenvalue weighted by Crippen LogP contribution is 2.45. The maximum Gasteiger partial charge on any atom is 0.145 e. The molecular weight excluding hydrogens is 619 g/mol. The number of hydrogen-bond donors (Lipinski definition) is 0. The fourth-order valence-electron chi connectivity index (χ4n) is 7.71. The summed E-state index contributed by atoms with van der Waals surface area (Å²) in [4.78, 5) is 9.45. The molecule has 0 radical (unpaired) electrons. The third-order valence-electron chi connectivity index (χ3n) is 10.1. The van der Waals surface area contributed by atoms with Gasteiger partial charge in [-0.1, -0.05) is 127 Å². The predicted octanol–water partition coefficient (Wildman–Crippen LogP) is 12.5. The Morgan fingerprint density at radius 3 is 1.78 bits per heavy atom. The molecular formula is C48H31N3. The van der Waals surface area contributed by atoms with Gasteiger partial charge in [-0.2, -0.15) is 0 Å². The van der Waals surface area contributed by atoms with Crippen LogP contribution in [0.3, 0.4) is 0 Å². The first-order valence-corrected chi connectivity index (χ1v) is 17.3. The van der Waals surface area contributed by atoms with Crippen molar-refractivity contribution < 1.29 is 0 Å². The van der Waals surface area contributed by atoms with Gasteiger partial charge < -0.3 is 0 Å². The molecule has 238 valence electrons. The Balaban J connectivity index is 1.17. The van der Waals surface area contributed by atoms with Crippen LogP contribution in [0.15, 0.2) is 188 Å². The first kappa shape index (κ1) is 29.1. The molecule has 0 saturated carbocycles. The van der Waals surface area contributed by atoms with Gasteiger partial charge in [-0.15, -0.1) is 0 Å². The van der Waals surface area contributed by atoms with E-state index in [1.807, 2.05) is 24.5 Å². The second kappa shape index (κ2) is 11.9. The van der Waals surface area contributed by atoms with Crippen molar-refractivity contribution in [1.82, 2.24) is 14.5 Å². The van der Waals surface area contributed by atoms with E-state index in [1.54, 1.807) is 0 Å². The number of benzene rings is 8. The van der Waals surface area contributed by atoms with Gasteiger partial charge in [-0.25, -0.2) is 4.98 Å². The van der Waals surface area contributed by atoms with Crippen molar-refractivity contribution >= 4 is 43.4 Å². The second-order valence-electron chi connectivity index (χ2n) is 13.0. The summed E-state index contributed by atoms with van der Waals surface area (Å²) in [5, 5.41) is 7.40. The van der Waals surface area contributed by atoms with Crippen molar-refractivity contribution in [2.24, 2.45) is 0 Å². The molecule has 0 atom stereocenters. The number of rotatable bonds is 5. The van der Waals surface area contributed by atoms with Crippen molar-refractivity contribution in [3.8, 4) is 50.5 Å². The maximum atomic E-state index is 5.09. The molecule has 8 aromatic carbocycles. The molecule has 10 aromatic rings. The van der Waals surface area contributed by atoms with E-state index in [4.69, 9.17) is 4.98 Å². The molecule has 0 N–H and O–H groups in total. The first-order valence-electron chi connectivity index (χ1n) is 17.3. The van der Waals surface area contributed by atoms with Gasteiger partial charge in [0.15, 0.2) is 0 Å². The molecule has 2 heterocycles. The van der Waals surface area contributed by atoms with Gasteiger partial charge in [0.05, 0.1) is 11.0 Å². The van der Waals surface area contributed by atoms with Crippen molar-refractivity contribution in [3.63, 3.8) is 0 Å². The zero-order valence-electron chi connectivity index (χ0n) is 27.7. The average molecular weight is 650 g/mol. The largest absolute Gasteiger partial charge is 0.292 e. The quantitative estimate of drug-likeness (QED) is 0.174. The SMILES string of the molecule is c1ccc(-n2c(-c3ccc(-c4ccc5c(-c6ccc7ccccc7c6)c6ccccc6c(-c6ccncc6)c5c4)cc3)nc3ccccc32)cc1. The van der Waals surface area contributed by atoms with E-state index in [1.165, 1.54) is 54.6 Å². The van der Waals surface area contributed by atoms with Crippen LogP contribution in [0.5, 0.6) is 0 Å². The van der Waals surface area contributed by atoms with E-state index >= 15 is 0 Å². The molecule has 0 bridgehead atoms. The van der Waals surface area contributed by atoms with Crippen LogP contribution in [-0.4, -0.2) is 14.5 Å². The van der Waals surface area contributed by atoms with Gasteiger partial charge >= 0.3 is 0 Å².